The summed E-state index contributed by atoms with van der Waals surface area (Å²) in [6, 6.07) is 37.8. The number of hydrogen-bond acceptors (Lipinski definition) is 6. The third-order valence-corrected chi connectivity index (χ3v) is 9.13. The van der Waals surface area contributed by atoms with E-state index < -0.39 is 21.1 Å². The highest BCUT2D eigenvalue weighted by Gasteiger charge is 2.37. The second-order valence-electron chi connectivity index (χ2n) is 9.94. The SMILES string of the molecule is Cc1ccc(S(=O)(=O)C(c2nc(-c3ccccc3)oc2COC(=O)c2ccccc2)c2cccc3ccccc23)cc1. The molecule has 6 nitrogen and oxygen atoms in total. The molecule has 0 bridgehead atoms. The van der Waals surface area contributed by atoms with Gasteiger partial charge in [0.05, 0.1) is 10.5 Å². The lowest BCUT2D eigenvalue weighted by atomic mass is 10.00. The Morgan fingerprint density at radius 2 is 1.43 bits per heavy atom. The summed E-state index contributed by atoms with van der Waals surface area (Å²) in [5, 5.41) is 0.429. The third-order valence-electron chi connectivity index (χ3n) is 7.11. The molecule has 6 aromatic rings. The van der Waals surface area contributed by atoms with Gasteiger partial charge in [-0.15, -0.1) is 0 Å². The Kier molecular flexibility index (Phi) is 7.42. The average molecular weight is 574 g/mol. The standard InChI is InChI=1S/C35H27NO5S/c1-24-19-21-28(22-20-24)42(38,39)33(30-18-10-16-25-11-8-9-17-29(25)30)32-31(23-40-35(37)27-14-6-3-7-15-27)41-34(36-32)26-12-4-2-5-13-26/h2-22,33H,23H2,1H3. The van der Waals surface area contributed by atoms with Crippen molar-refractivity contribution >= 4 is 26.6 Å². The number of sulfone groups is 1. The second kappa shape index (κ2) is 11.5. The molecule has 0 aliphatic heterocycles. The molecule has 5 aromatic carbocycles. The Labute approximate surface area is 244 Å². The number of hydrogen-bond donors (Lipinski definition) is 0. The minimum atomic E-state index is -4.06. The van der Waals surface area contributed by atoms with Crippen LogP contribution in [-0.4, -0.2) is 19.4 Å². The van der Waals surface area contributed by atoms with E-state index in [1.807, 2.05) is 79.7 Å². The number of esters is 1. The first-order valence-corrected chi connectivity index (χ1v) is 15.0. The molecule has 0 aliphatic rings. The average Bonchev–Trinajstić information content (AvgIpc) is 3.44. The van der Waals surface area contributed by atoms with Crippen LogP contribution in [0.25, 0.3) is 22.2 Å². The van der Waals surface area contributed by atoms with Gasteiger partial charge in [-0.25, -0.2) is 18.2 Å². The fraction of sp³-hybridized carbons (Fsp3) is 0.0857. The molecule has 208 valence electrons. The highest BCUT2D eigenvalue weighted by atomic mass is 32.2. The van der Waals surface area contributed by atoms with Crippen LogP contribution in [0.5, 0.6) is 0 Å². The number of carbonyl (C=O) groups excluding carboxylic acids is 1. The fourth-order valence-electron chi connectivity index (χ4n) is 4.97. The quantitative estimate of drug-likeness (QED) is 0.173. The van der Waals surface area contributed by atoms with Crippen molar-refractivity contribution in [1.29, 1.82) is 0 Å². The van der Waals surface area contributed by atoms with Gasteiger partial charge in [0.15, 0.2) is 22.2 Å². The molecule has 1 heterocycles. The van der Waals surface area contributed by atoms with Gasteiger partial charge >= 0.3 is 5.97 Å². The zero-order valence-electron chi connectivity index (χ0n) is 22.8. The lowest BCUT2D eigenvalue weighted by Gasteiger charge is -2.19. The topological polar surface area (TPSA) is 86.5 Å². The normalized spacial score (nSPS) is 12.2. The number of oxazole rings is 1. The number of nitrogens with zero attached hydrogens (tertiary/aromatic N) is 1. The maximum atomic E-state index is 14.6. The Morgan fingerprint density at radius 1 is 0.786 bits per heavy atom. The van der Waals surface area contributed by atoms with Crippen LogP contribution in [-0.2, 0) is 21.2 Å². The largest absolute Gasteiger partial charge is 0.454 e. The Hall–Kier alpha value is -5.01. The first kappa shape index (κ1) is 27.2. The van der Waals surface area contributed by atoms with Crippen LogP contribution < -0.4 is 0 Å². The zero-order valence-corrected chi connectivity index (χ0v) is 23.6. The lowest BCUT2D eigenvalue weighted by molar-refractivity contribution is 0.0445. The van der Waals surface area contributed by atoms with Crippen LogP contribution in [0.15, 0.2) is 137 Å². The molecule has 0 saturated carbocycles. The summed E-state index contributed by atoms with van der Waals surface area (Å²) < 4.78 is 41.0. The van der Waals surface area contributed by atoms with Crippen LogP contribution >= 0.6 is 0 Å². The first-order chi connectivity index (χ1) is 20.4. The molecule has 0 aliphatic carbocycles. The number of rotatable bonds is 8. The Morgan fingerprint density at radius 3 is 2.17 bits per heavy atom. The van der Waals surface area contributed by atoms with Gasteiger partial charge in [0.2, 0.25) is 5.89 Å². The summed E-state index contributed by atoms with van der Waals surface area (Å²) in [5.74, 6) is -0.158. The van der Waals surface area contributed by atoms with E-state index in [9.17, 15) is 13.2 Å². The molecule has 1 atom stereocenters. The number of fused-ring (bicyclic) bond motifs is 1. The van der Waals surface area contributed by atoms with Gasteiger partial charge in [-0.1, -0.05) is 96.6 Å². The van der Waals surface area contributed by atoms with Gasteiger partial charge in [0, 0.05) is 5.56 Å². The van der Waals surface area contributed by atoms with Crippen molar-refractivity contribution in [1.82, 2.24) is 4.98 Å². The van der Waals surface area contributed by atoms with Crippen molar-refractivity contribution in [2.45, 2.75) is 23.7 Å². The number of benzene rings is 5. The monoisotopic (exact) mass is 573 g/mol. The summed E-state index contributed by atoms with van der Waals surface area (Å²) in [4.78, 5) is 17.8. The van der Waals surface area contributed by atoms with E-state index >= 15 is 0 Å². The smallest absolute Gasteiger partial charge is 0.338 e. The molecule has 6 rings (SSSR count). The van der Waals surface area contributed by atoms with Gasteiger partial charge in [-0.2, -0.15) is 0 Å². The molecule has 0 N–H and O–H groups in total. The maximum absolute atomic E-state index is 14.6. The van der Waals surface area contributed by atoms with Crippen molar-refractivity contribution < 1.29 is 22.4 Å². The number of carbonyl (C=O) groups is 1. The second-order valence-corrected chi connectivity index (χ2v) is 12.0. The van der Waals surface area contributed by atoms with E-state index in [4.69, 9.17) is 14.1 Å². The highest BCUT2D eigenvalue weighted by Crippen LogP contribution is 2.41. The van der Waals surface area contributed by atoms with Crippen molar-refractivity contribution in [3.05, 3.63) is 156 Å². The van der Waals surface area contributed by atoms with Crippen molar-refractivity contribution in [2.24, 2.45) is 0 Å². The summed E-state index contributed by atoms with van der Waals surface area (Å²) in [6.45, 7) is 1.61. The predicted molar refractivity (Wildman–Crippen MR) is 162 cm³/mol. The van der Waals surface area contributed by atoms with E-state index in [2.05, 4.69) is 0 Å². The van der Waals surface area contributed by atoms with Crippen molar-refractivity contribution in [2.75, 3.05) is 0 Å². The Bertz CT molecular complexity index is 1960. The zero-order chi connectivity index (χ0) is 29.1. The molecule has 0 fully saturated rings. The molecular weight excluding hydrogens is 546 g/mol. The third kappa shape index (κ3) is 5.34. The van der Waals surface area contributed by atoms with Crippen molar-refractivity contribution in [3.8, 4) is 11.5 Å². The molecule has 0 saturated heterocycles. The first-order valence-electron chi connectivity index (χ1n) is 13.5. The van der Waals surface area contributed by atoms with E-state index in [-0.39, 0.29) is 28.8 Å². The number of aromatic nitrogens is 1. The summed E-state index contributed by atoms with van der Waals surface area (Å²) in [6.07, 6.45) is 0. The van der Waals surface area contributed by atoms with E-state index in [0.717, 1.165) is 16.3 Å². The van der Waals surface area contributed by atoms with Gasteiger partial charge < -0.3 is 9.15 Å². The predicted octanol–water partition coefficient (Wildman–Crippen LogP) is 7.72. The highest BCUT2D eigenvalue weighted by molar-refractivity contribution is 7.92. The van der Waals surface area contributed by atoms with E-state index in [0.29, 0.717) is 16.7 Å². The maximum Gasteiger partial charge on any atom is 0.338 e. The van der Waals surface area contributed by atoms with Crippen LogP contribution in [0.1, 0.15) is 38.2 Å². The lowest BCUT2D eigenvalue weighted by Crippen LogP contribution is -2.18. The molecule has 0 radical (unpaired) electrons. The Balaban J connectivity index is 1.55. The van der Waals surface area contributed by atoms with Crippen LogP contribution in [0.3, 0.4) is 0 Å². The molecule has 1 unspecified atom stereocenters. The van der Waals surface area contributed by atoms with Crippen LogP contribution in [0.4, 0.5) is 0 Å². The van der Waals surface area contributed by atoms with E-state index in [1.165, 1.54) is 0 Å². The van der Waals surface area contributed by atoms with Gasteiger partial charge in [0.1, 0.15) is 10.9 Å². The van der Waals surface area contributed by atoms with Gasteiger partial charge in [-0.05, 0) is 59.7 Å². The van der Waals surface area contributed by atoms with Crippen LogP contribution in [0.2, 0.25) is 0 Å². The minimum absolute atomic E-state index is 0.155. The molecule has 42 heavy (non-hydrogen) atoms. The summed E-state index contributed by atoms with van der Waals surface area (Å²) in [5.41, 5.74) is 2.71. The molecule has 0 spiro atoms. The molecular formula is C35H27NO5S. The number of aryl methyl sites for hydroxylation is 1. The minimum Gasteiger partial charge on any atom is -0.454 e. The summed E-state index contributed by atoms with van der Waals surface area (Å²) >= 11 is 0. The van der Waals surface area contributed by atoms with Crippen molar-refractivity contribution in [3.63, 3.8) is 0 Å². The summed E-state index contributed by atoms with van der Waals surface area (Å²) in [7, 11) is -4.06. The van der Waals surface area contributed by atoms with Gasteiger partial charge in [-0.3, -0.25) is 0 Å². The van der Waals surface area contributed by atoms with Gasteiger partial charge in [0.25, 0.3) is 0 Å². The molecule has 7 heteroatoms. The fourth-order valence-corrected chi connectivity index (χ4v) is 6.77. The molecule has 1 aromatic heterocycles. The van der Waals surface area contributed by atoms with Crippen LogP contribution in [0, 0.1) is 6.92 Å². The molecule has 0 amide bonds. The van der Waals surface area contributed by atoms with E-state index in [1.54, 1.807) is 54.6 Å². The number of ether oxygens (including phenoxy) is 1.